The van der Waals surface area contributed by atoms with Crippen LogP contribution < -0.4 is 5.56 Å². The first-order chi connectivity index (χ1) is 13.7. The predicted octanol–water partition coefficient (Wildman–Crippen LogP) is 3.00. The summed E-state index contributed by atoms with van der Waals surface area (Å²) in [5, 5.41) is 0. The van der Waals surface area contributed by atoms with Gasteiger partial charge in [-0.25, -0.2) is 0 Å². The van der Waals surface area contributed by atoms with Crippen LogP contribution in [0.1, 0.15) is 42.5 Å². The summed E-state index contributed by atoms with van der Waals surface area (Å²) in [5.41, 5.74) is 2.56. The van der Waals surface area contributed by atoms with Gasteiger partial charge in [-0.2, -0.15) is 0 Å². The van der Waals surface area contributed by atoms with Crippen molar-refractivity contribution in [1.82, 2.24) is 9.47 Å². The molecule has 1 saturated heterocycles. The van der Waals surface area contributed by atoms with E-state index in [2.05, 4.69) is 39.8 Å². The summed E-state index contributed by atoms with van der Waals surface area (Å²) < 4.78 is 6.83. The van der Waals surface area contributed by atoms with Crippen molar-refractivity contribution in [1.29, 1.82) is 0 Å². The van der Waals surface area contributed by atoms with Crippen molar-refractivity contribution in [2.45, 2.75) is 37.6 Å². The lowest BCUT2D eigenvalue weighted by molar-refractivity contribution is -0.140. The van der Waals surface area contributed by atoms with Crippen LogP contribution in [-0.2, 0) is 16.0 Å². The lowest BCUT2D eigenvalue weighted by Gasteiger charge is -2.47. The molecule has 0 N–H and O–H groups in total. The van der Waals surface area contributed by atoms with Gasteiger partial charge in [-0.1, -0.05) is 36.4 Å². The van der Waals surface area contributed by atoms with Crippen LogP contribution in [0.5, 0.6) is 0 Å². The van der Waals surface area contributed by atoms with Crippen molar-refractivity contribution >= 4 is 5.97 Å². The van der Waals surface area contributed by atoms with Crippen molar-refractivity contribution in [2.75, 3.05) is 26.7 Å². The van der Waals surface area contributed by atoms with Crippen molar-refractivity contribution in [3.05, 3.63) is 70.1 Å². The van der Waals surface area contributed by atoms with E-state index >= 15 is 0 Å². The molecule has 2 aromatic rings. The summed E-state index contributed by atoms with van der Waals surface area (Å²) in [5.74, 6) is 0.693. The van der Waals surface area contributed by atoms with E-state index in [4.69, 9.17) is 4.74 Å². The number of hydrogen-bond donors (Lipinski definition) is 0. The van der Waals surface area contributed by atoms with E-state index < -0.39 is 0 Å². The average molecular weight is 380 g/mol. The Morgan fingerprint density at radius 2 is 1.93 bits per heavy atom. The topological polar surface area (TPSA) is 51.5 Å². The number of carbonyl (C=O) groups is 1. The molecule has 0 aliphatic carbocycles. The van der Waals surface area contributed by atoms with Gasteiger partial charge in [-0.3, -0.25) is 9.59 Å². The lowest BCUT2D eigenvalue weighted by Crippen LogP contribution is -2.50. The van der Waals surface area contributed by atoms with Crippen molar-refractivity contribution in [2.24, 2.45) is 5.92 Å². The van der Waals surface area contributed by atoms with Crippen LogP contribution in [0.25, 0.3) is 0 Å². The van der Waals surface area contributed by atoms with Crippen molar-refractivity contribution in [3.63, 3.8) is 0 Å². The third-order valence-electron chi connectivity index (χ3n) is 6.24. The molecule has 5 heteroatoms. The summed E-state index contributed by atoms with van der Waals surface area (Å²) in [4.78, 5) is 26.7. The van der Waals surface area contributed by atoms with Crippen LogP contribution >= 0.6 is 0 Å². The Hall–Kier alpha value is -2.40. The smallest absolute Gasteiger partial charge is 0.305 e. The lowest BCUT2D eigenvalue weighted by atomic mass is 9.76. The highest BCUT2D eigenvalue weighted by Gasteiger charge is 2.40. The van der Waals surface area contributed by atoms with Gasteiger partial charge in [0.15, 0.2) is 0 Å². The molecule has 3 heterocycles. The first-order valence-corrected chi connectivity index (χ1v) is 10.2. The number of hydrogen-bond acceptors (Lipinski definition) is 4. The second kappa shape index (κ2) is 8.31. The molecule has 0 unspecified atom stereocenters. The molecule has 2 aliphatic rings. The van der Waals surface area contributed by atoms with Gasteiger partial charge in [0.05, 0.1) is 7.11 Å². The standard InChI is InChI=1S/C23H28N2O3/c1-28-23(27)11-6-12-24-15-18-14-19(16-24)21(13-17-7-3-2-4-8-17)25-20(18)9-5-10-22(25)26/h2-5,7-10,18-19,21H,6,11-16H2,1H3/t18-,19+,21+/m1/s1. The molecule has 3 atom stereocenters. The Labute approximate surface area is 165 Å². The minimum atomic E-state index is -0.143. The van der Waals surface area contributed by atoms with Crippen LogP contribution in [0.4, 0.5) is 0 Å². The second-order valence-electron chi connectivity index (χ2n) is 8.05. The summed E-state index contributed by atoms with van der Waals surface area (Å²) in [6.45, 7) is 2.84. The van der Waals surface area contributed by atoms with Gasteiger partial charge < -0.3 is 14.2 Å². The second-order valence-corrected chi connectivity index (χ2v) is 8.05. The van der Waals surface area contributed by atoms with Crippen LogP contribution in [0.15, 0.2) is 53.3 Å². The number of likely N-dealkylation sites (tertiary alicyclic amines) is 1. The van der Waals surface area contributed by atoms with E-state index in [0.29, 0.717) is 18.3 Å². The van der Waals surface area contributed by atoms with Crippen LogP contribution in [-0.4, -0.2) is 42.2 Å². The molecule has 0 radical (unpaired) electrons. The van der Waals surface area contributed by atoms with E-state index in [1.54, 1.807) is 6.07 Å². The number of esters is 1. The third kappa shape index (κ3) is 3.90. The van der Waals surface area contributed by atoms with E-state index in [1.807, 2.05) is 12.1 Å². The number of piperidine rings is 1. The highest BCUT2D eigenvalue weighted by Crippen LogP contribution is 2.42. The molecule has 28 heavy (non-hydrogen) atoms. The zero-order valence-corrected chi connectivity index (χ0v) is 16.4. The summed E-state index contributed by atoms with van der Waals surface area (Å²) in [7, 11) is 1.44. The van der Waals surface area contributed by atoms with E-state index in [0.717, 1.165) is 38.9 Å². The summed E-state index contributed by atoms with van der Waals surface area (Å²) in [6, 6.07) is 16.4. The minimum Gasteiger partial charge on any atom is -0.469 e. The molecule has 0 amide bonds. The Kier molecular flexibility index (Phi) is 5.62. The summed E-state index contributed by atoms with van der Waals surface area (Å²) in [6.07, 6.45) is 3.29. The normalized spacial score (nSPS) is 23.8. The van der Waals surface area contributed by atoms with E-state index in [-0.39, 0.29) is 17.6 Å². The predicted molar refractivity (Wildman–Crippen MR) is 108 cm³/mol. The Balaban J connectivity index is 1.57. The maximum atomic E-state index is 12.8. The third-order valence-corrected chi connectivity index (χ3v) is 6.24. The van der Waals surface area contributed by atoms with E-state index in [9.17, 15) is 9.59 Å². The van der Waals surface area contributed by atoms with Gasteiger partial charge in [0, 0.05) is 43.2 Å². The van der Waals surface area contributed by atoms with Gasteiger partial charge in [-0.05, 0) is 43.4 Å². The van der Waals surface area contributed by atoms with Gasteiger partial charge in [-0.15, -0.1) is 0 Å². The molecule has 1 fully saturated rings. The Bertz CT molecular complexity index is 877. The first kappa shape index (κ1) is 18.9. The van der Waals surface area contributed by atoms with E-state index in [1.165, 1.54) is 18.4 Å². The zero-order valence-electron chi connectivity index (χ0n) is 16.4. The van der Waals surface area contributed by atoms with Gasteiger partial charge >= 0.3 is 5.97 Å². The van der Waals surface area contributed by atoms with Gasteiger partial charge in [0.25, 0.3) is 5.56 Å². The fraction of sp³-hybridized carbons (Fsp3) is 0.478. The maximum Gasteiger partial charge on any atom is 0.305 e. The number of ether oxygens (including phenoxy) is 1. The van der Waals surface area contributed by atoms with Crippen molar-refractivity contribution in [3.8, 4) is 0 Å². The monoisotopic (exact) mass is 380 g/mol. The quantitative estimate of drug-likeness (QED) is 0.723. The summed E-state index contributed by atoms with van der Waals surface area (Å²) >= 11 is 0. The molecule has 5 nitrogen and oxygen atoms in total. The zero-order chi connectivity index (χ0) is 19.5. The molecular formula is C23H28N2O3. The molecule has 2 bridgehead atoms. The number of carbonyl (C=O) groups excluding carboxylic acids is 1. The highest BCUT2D eigenvalue weighted by molar-refractivity contribution is 5.69. The molecule has 4 rings (SSSR count). The molecule has 0 spiro atoms. The van der Waals surface area contributed by atoms with Crippen LogP contribution in [0, 0.1) is 5.92 Å². The van der Waals surface area contributed by atoms with Gasteiger partial charge in [0.1, 0.15) is 0 Å². The fourth-order valence-electron chi connectivity index (χ4n) is 4.99. The molecular weight excluding hydrogens is 352 g/mol. The van der Waals surface area contributed by atoms with Crippen LogP contribution in [0.3, 0.4) is 0 Å². The largest absolute Gasteiger partial charge is 0.469 e. The first-order valence-electron chi connectivity index (χ1n) is 10.2. The number of nitrogens with zero attached hydrogens (tertiary/aromatic N) is 2. The average Bonchev–Trinajstić information content (AvgIpc) is 2.72. The molecule has 1 aromatic carbocycles. The SMILES string of the molecule is COC(=O)CCCN1C[C@H]2C[C@@H](C1)[C@H](Cc1ccccc1)n1c2cccc1=O. The minimum absolute atomic E-state index is 0.118. The molecule has 1 aromatic heterocycles. The number of aromatic nitrogens is 1. The number of benzene rings is 1. The number of pyridine rings is 1. The maximum absolute atomic E-state index is 12.8. The number of rotatable bonds is 6. The van der Waals surface area contributed by atoms with Crippen molar-refractivity contribution < 1.29 is 9.53 Å². The number of fused-ring (bicyclic) bond motifs is 4. The molecule has 0 saturated carbocycles. The van der Waals surface area contributed by atoms with Crippen LogP contribution in [0.2, 0.25) is 0 Å². The Morgan fingerprint density at radius 3 is 2.71 bits per heavy atom. The number of methoxy groups -OCH3 is 1. The van der Waals surface area contributed by atoms with Gasteiger partial charge in [0.2, 0.25) is 0 Å². The fourth-order valence-corrected chi connectivity index (χ4v) is 4.99. The molecule has 2 aliphatic heterocycles. The molecule has 148 valence electrons. The Morgan fingerprint density at radius 1 is 1.11 bits per heavy atom. The highest BCUT2D eigenvalue weighted by atomic mass is 16.5.